The molecule has 1 N–H and O–H groups in total. The quantitative estimate of drug-likeness (QED) is 0.910. The van der Waals surface area contributed by atoms with Gasteiger partial charge in [0, 0.05) is 38.4 Å². The molecular weight excluding hydrogens is 309 g/mol. The van der Waals surface area contributed by atoms with Crippen molar-refractivity contribution in [3.63, 3.8) is 0 Å². The molecule has 1 aliphatic heterocycles. The van der Waals surface area contributed by atoms with Gasteiger partial charge in [-0.2, -0.15) is 0 Å². The lowest BCUT2D eigenvalue weighted by molar-refractivity contribution is -0.135. The van der Waals surface area contributed by atoms with E-state index in [0.29, 0.717) is 32.5 Å². The van der Waals surface area contributed by atoms with Crippen molar-refractivity contribution in [1.29, 1.82) is 0 Å². The summed E-state index contributed by atoms with van der Waals surface area (Å²) in [6.07, 6.45) is 6.55. The van der Waals surface area contributed by atoms with E-state index < -0.39 is 6.10 Å². The van der Waals surface area contributed by atoms with Crippen LogP contribution in [0.25, 0.3) is 0 Å². The van der Waals surface area contributed by atoms with Crippen molar-refractivity contribution < 1.29 is 14.3 Å². The monoisotopic (exact) mass is 331 g/mol. The molecule has 0 saturated carbocycles. The van der Waals surface area contributed by atoms with Crippen molar-refractivity contribution in [3.8, 4) is 0 Å². The Morgan fingerprint density at radius 1 is 1.33 bits per heavy atom. The molecule has 24 heavy (non-hydrogen) atoms. The van der Waals surface area contributed by atoms with Crippen LogP contribution in [0, 0.1) is 11.7 Å². The van der Waals surface area contributed by atoms with Crippen molar-refractivity contribution in [2.45, 2.75) is 31.9 Å². The van der Waals surface area contributed by atoms with Crippen LogP contribution in [0.5, 0.6) is 0 Å². The Morgan fingerprint density at radius 3 is 2.79 bits per heavy atom. The van der Waals surface area contributed by atoms with Crippen LogP contribution in [0.15, 0.2) is 43.0 Å². The van der Waals surface area contributed by atoms with Crippen LogP contribution in [0.4, 0.5) is 4.39 Å². The van der Waals surface area contributed by atoms with E-state index in [0.717, 1.165) is 12.0 Å². The highest BCUT2D eigenvalue weighted by Gasteiger charge is 2.29. The van der Waals surface area contributed by atoms with E-state index in [1.807, 2.05) is 10.8 Å². The molecule has 5 nitrogen and oxygen atoms in total. The fourth-order valence-corrected chi connectivity index (χ4v) is 3.17. The van der Waals surface area contributed by atoms with Gasteiger partial charge in [0.2, 0.25) is 5.91 Å². The highest BCUT2D eigenvalue weighted by Crippen LogP contribution is 2.23. The lowest BCUT2D eigenvalue weighted by Crippen LogP contribution is -2.47. The molecule has 3 rings (SSSR count). The topological polar surface area (TPSA) is 58.4 Å². The molecule has 2 heterocycles. The predicted octanol–water partition coefficient (Wildman–Crippen LogP) is 1.86. The van der Waals surface area contributed by atoms with Crippen LogP contribution >= 0.6 is 0 Å². The van der Waals surface area contributed by atoms with E-state index in [2.05, 4.69) is 4.98 Å². The van der Waals surface area contributed by atoms with Gasteiger partial charge in [0.1, 0.15) is 5.82 Å². The van der Waals surface area contributed by atoms with E-state index in [-0.39, 0.29) is 17.6 Å². The number of β-amino-alcohol motifs (C(OH)–C–C–N with tert-alkyl or cyclic N) is 1. The zero-order chi connectivity index (χ0) is 16.9. The van der Waals surface area contributed by atoms with Gasteiger partial charge in [-0.05, 0) is 36.5 Å². The van der Waals surface area contributed by atoms with Crippen LogP contribution in [0.3, 0.4) is 0 Å². The van der Waals surface area contributed by atoms with Gasteiger partial charge in [0.05, 0.1) is 12.4 Å². The second-order valence-corrected chi connectivity index (χ2v) is 6.34. The second kappa shape index (κ2) is 7.57. The largest absolute Gasteiger partial charge is 0.391 e. The molecule has 1 aliphatic rings. The lowest BCUT2D eigenvalue weighted by Gasteiger charge is -2.36. The zero-order valence-corrected chi connectivity index (χ0v) is 13.5. The Morgan fingerprint density at radius 2 is 2.12 bits per heavy atom. The van der Waals surface area contributed by atoms with Gasteiger partial charge in [0.25, 0.3) is 0 Å². The van der Waals surface area contributed by atoms with Gasteiger partial charge in [0.15, 0.2) is 0 Å². The first-order chi connectivity index (χ1) is 11.6. The molecule has 0 bridgehead atoms. The van der Waals surface area contributed by atoms with Gasteiger partial charge in [-0.1, -0.05) is 12.1 Å². The summed E-state index contributed by atoms with van der Waals surface area (Å²) in [5.74, 6) is -0.0891. The van der Waals surface area contributed by atoms with Crippen LogP contribution in [-0.2, 0) is 17.8 Å². The van der Waals surface area contributed by atoms with Crippen molar-refractivity contribution in [2.24, 2.45) is 5.92 Å². The average Bonchev–Trinajstić information content (AvgIpc) is 3.10. The minimum atomic E-state index is -0.541. The molecule has 1 aromatic heterocycles. The molecule has 2 aromatic rings. The third kappa shape index (κ3) is 4.20. The second-order valence-electron chi connectivity index (χ2n) is 6.34. The Kier molecular flexibility index (Phi) is 5.25. The maximum absolute atomic E-state index is 13.0. The van der Waals surface area contributed by atoms with E-state index in [1.165, 1.54) is 12.1 Å². The molecule has 6 heteroatoms. The fraction of sp³-hybridized carbons (Fsp3) is 0.444. The Labute approximate surface area is 140 Å². The molecule has 1 aromatic carbocycles. The van der Waals surface area contributed by atoms with E-state index in [9.17, 15) is 14.3 Å². The van der Waals surface area contributed by atoms with E-state index >= 15 is 0 Å². The number of imidazole rings is 1. The van der Waals surface area contributed by atoms with Crippen LogP contribution in [-0.4, -0.2) is 44.7 Å². The number of nitrogens with zero attached hydrogens (tertiary/aromatic N) is 3. The average molecular weight is 331 g/mol. The number of likely N-dealkylation sites (tertiary alicyclic amines) is 1. The summed E-state index contributed by atoms with van der Waals surface area (Å²) >= 11 is 0. The third-order valence-corrected chi connectivity index (χ3v) is 4.63. The van der Waals surface area contributed by atoms with Gasteiger partial charge in [-0.25, -0.2) is 9.37 Å². The van der Waals surface area contributed by atoms with Gasteiger partial charge >= 0.3 is 0 Å². The Bertz CT molecular complexity index is 657. The summed E-state index contributed by atoms with van der Waals surface area (Å²) in [7, 11) is 0. The first kappa shape index (κ1) is 16.6. The van der Waals surface area contributed by atoms with Gasteiger partial charge < -0.3 is 14.6 Å². The van der Waals surface area contributed by atoms with E-state index in [4.69, 9.17) is 0 Å². The minimum absolute atomic E-state index is 0.0583. The maximum atomic E-state index is 13.0. The molecular formula is C18H22FN3O2. The fourth-order valence-electron chi connectivity index (χ4n) is 3.17. The van der Waals surface area contributed by atoms with Gasteiger partial charge in [-0.15, -0.1) is 0 Å². The van der Waals surface area contributed by atoms with Crippen molar-refractivity contribution in [2.75, 3.05) is 13.1 Å². The summed E-state index contributed by atoms with van der Waals surface area (Å²) in [5, 5.41) is 10.4. The molecule has 0 spiro atoms. The number of hydrogen-bond donors (Lipinski definition) is 1. The number of aliphatic hydroxyl groups excluding tert-OH is 1. The minimum Gasteiger partial charge on any atom is -0.391 e. The number of carbonyl (C=O) groups is 1. The number of benzene rings is 1. The molecule has 1 fully saturated rings. The lowest BCUT2D eigenvalue weighted by atomic mass is 9.87. The van der Waals surface area contributed by atoms with Crippen LogP contribution in [0.1, 0.15) is 18.4 Å². The smallest absolute Gasteiger partial charge is 0.224 e. The number of aromatic nitrogens is 2. The first-order valence-electron chi connectivity index (χ1n) is 8.28. The summed E-state index contributed by atoms with van der Waals surface area (Å²) in [6, 6.07) is 6.39. The van der Waals surface area contributed by atoms with Crippen molar-refractivity contribution in [3.05, 3.63) is 54.4 Å². The summed E-state index contributed by atoms with van der Waals surface area (Å²) in [6.45, 7) is 1.63. The number of aliphatic hydroxyl groups is 1. The highest BCUT2D eigenvalue weighted by molar-refractivity contribution is 5.76. The number of piperidine rings is 1. The number of carbonyl (C=O) groups excluding carboxylic acids is 1. The number of halogens is 1. The number of aryl methyl sites for hydroxylation is 1. The maximum Gasteiger partial charge on any atom is 0.224 e. The molecule has 2 atom stereocenters. The number of hydrogen-bond acceptors (Lipinski definition) is 3. The predicted molar refractivity (Wildman–Crippen MR) is 87.6 cm³/mol. The summed E-state index contributed by atoms with van der Waals surface area (Å²) < 4.78 is 14.8. The normalized spacial score (nSPS) is 21.0. The van der Waals surface area contributed by atoms with E-state index in [1.54, 1.807) is 29.6 Å². The third-order valence-electron chi connectivity index (χ3n) is 4.63. The Hall–Kier alpha value is -2.21. The number of amides is 1. The molecule has 1 saturated heterocycles. The first-order valence-corrected chi connectivity index (χ1v) is 8.28. The standard InChI is InChI=1S/C18H22FN3O2/c19-16-3-1-14(2-4-16)11-15-5-9-22(12-17(15)23)18(24)6-8-21-10-7-20-13-21/h1-4,7,10,13,15,17,23H,5-6,8-9,11-12H2/t15-,17+/m1/s1. The molecule has 128 valence electrons. The van der Waals surface area contributed by atoms with Crippen LogP contribution in [0.2, 0.25) is 0 Å². The van der Waals surface area contributed by atoms with Crippen LogP contribution < -0.4 is 0 Å². The van der Waals surface area contributed by atoms with Gasteiger partial charge in [-0.3, -0.25) is 4.79 Å². The highest BCUT2D eigenvalue weighted by atomic mass is 19.1. The summed E-state index contributed by atoms with van der Waals surface area (Å²) in [4.78, 5) is 18.0. The molecule has 1 amide bonds. The Balaban J connectivity index is 1.49. The SMILES string of the molecule is O=C(CCn1ccnc1)N1CC[C@H](Cc2ccc(F)cc2)[C@@H](O)C1. The summed E-state index contributed by atoms with van der Waals surface area (Å²) in [5.41, 5.74) is 1.01. The number of rotatable bonds is 5. The molecule has 0 aliphatic carbocycles. The van der Waals surface area contributed by atoms with Crippen molar-refractivity contribution in [1.82, 2.24) is 14.5 Å². The molecule has 0 unspecified atom stereocenters. The zero-order valence-electron chi connectivity index (χ0n) is 13.5. The molecule has 0 radical (unpaired) electrons. The van der Waals surface area contributed by atoms with Crippen molar-refractivity contribution >= 4 is 5.91 Å².